The summed E-state index contributed by atoms with van der Waals surface area (Å²) in [5.41, 5.74) is 1.28. The van der Waals surface area contributed by atoms with Gasteiger partial charge in [-0.25, -0.2) is 8.78 Å². The number of benzene rings is 2. The standard InChI is InChI=1S/C15H15F2NO/c1-10(14-9-12(17)5-8-15(14)19)18(2)13-6-3-11(16)4-7-13/h3-10,19H,1-2H3. The van der Waals surface area contributed by atoms with Gasteiger partial charge in [-0.3, -0.25) is 0 Å². The van der Waals surface area contributed by atoms with Gasteiger partial charge in [-0.05, 0) is 49.4 Å². The highest BCUT2D eigenvalue weighted by molar-refractivity contribution is 5.49. The van der Waals surface area contributed by atoms with E-state index in [2.05, 4.69) is 0 Å². The Hall–Kier alpha value is -2.10. The molecule has 0 fully saturated rings. The van der Waals surface area contributed by atoms with E-state index >= 15 is 0 Å². The first-order valence-electron chi connectivity index (χ1n) is 5.96. The third kappa shape index (κ3) is 2.84. The maximum Gasteiger partial charge on any atom is 0.123 e. The van der Waals surface area contributed by atoms with Crippen LogP contribution in [0.4, 0.5) is 14.5 Å². The molecule has 0 saturated carbocycles. The van der Waals surface area contributed by atoms with Crippen molar-refractivity contribution in [2.75, 3.05) is 11.9 Å². The first-order valence-corrected chi connectivity index (χ1v) is 5.96. The van der Waals surface area contributed by atoms with Gasteiger partial charge in [-0.15, -0.1) is 0 Å². The third-order valence-corrected chi connectivity index (χ3v) is 3.25. The summed E-state index contributed by atoms with van der Waals surface area (Å²) in [5.74, 6) is -0.659. The summed E-state index contributed by atoms with van der Waals surface area (Å²) in [6.07, 6.45) is 0. The molecule has 2 rings (SSSR count). The molecule has 0 amide bonds. The van der Waals surface area contributed by atoms with E-state index in [1.54, 1.807) is 12.1 Å². The van der Waals surface area contributed by atoms with E-state index in [9.17, 15) is 13.9 Å². The first-order chi connectivity index (χ1) is 8.99. The van der Waals surface area contributed by atoms with Crippen molar-refractivity contribution in [2.45, 2.75) is 13.0 Å². The molecule has 2 aromatic rings. The zero-order valence-electron chi connectivity index (χ0n) is 10.8. The van der Waals surface area contributed by atoms with Crippen LogP contribution >= 0.6 is 0 Å². The molecule has 100 valence electrons. The second-order valence-electron chi connectivity index (χ2n) is 4.47. The smallest absolute Gasteiger partial charge is 0.123 e. The van der Waals surface area contributed by atoms with Gasteiger partial charge in [0.05, 0.1) is 6.04 Å². The van der Waals surface area contributed by atoms with Crippen LogP contribution in [-0.2, 0) is 0 Å². The summed E-state index contributed by atoms with van der Waals surface area (Å²) in [6.45, 7) is 1.85. The summed E-state index contributed by atoms with van der Waals surface area (Å²) >= 11 is 0. The number of hydrogen-bond donors (Lipinski definition) is 1. The van der Waals surface area contributed by atoms with Gasteiger partial charge in [0.25, 0.3) is 0 Å². The fourth-order valence-electron chi connectivity index (χ4n) is 1.97. The van der Waals surface area contributed by atoms with Crippen LogP contribution in [0.5, 0.6) is 5.75 Å². The minimum atomic E-state index is -0.396. The van der Waals surface area contributed by atoms with Gasteiger partial charge in [0.2, 0.25) is 0 Å². The van der Waals surface area contributed by atoms with Crippen molar-refractivity contribution < 1.29 is 13.9 Å². The fraction of sp³-hybridized carbons (Fsp3) is 0.200. The van der Waals surface area contributed by atoms with E-state index in [1.807, 2.05) is 18.9 Å². The lowest BCUT2D eigenvalue weighted by Crippen LogP contribution is -2.21. The molecule has 2 nitrogen and oxygen atoms in total. The van der Waals surface area contributed by atoms with Crippen LogP contribution in [0, 0.1) is 11.6 Å². The number of nitrogens with zero attached hydrogens (tertiary/aromatic N) is 1. The van der Waals surface area contributed by atoms with Crippen molar-refractivity contribution in [2.24, 2.45) is 0 Å². The lowest BCUT2D eigenvalue weighted by atomic mass is 10.1. The number of phenols is 1. The molecule has 0 spiro atoms. The largest absolute Gasteiger partial charge is 0.508 e. The molecule has 0 aliphatic carbocycles. The molecule has 1 unspecified atom stereocenters. The topological polar surface area (TPSA) is 23.5 Å². The number of halogens is 2. The molecule has 1 atom stereocenters. The van der Waals surface area contributed by atoms with E-state index in [1.165, 1.54) is 30.3 Å². The van der Waals surface area contributed by atoms with Crippen molar-refractivity contribution in [3.05, 3.63) is 59.7 Å². The van der Waals surface area contributed by atoms with Gasteiger partial charge < -0.3 is 10.0 Å². The fourth-order valence-corrected chi connectivity index (χ4v) is 1.97. The molecule has 1 N–H and O–H groups in total. The van der Waals surface area contributed by atoms with Crippen LogP contribution in [0.25, 0.3) is 0 Å². The zero-order chi connectivity index (χ0) is 14.0. The van der Waals surface area contributed by atoms with Crippen LogP contribution in [0.3, 0.4) is 0 Å². The van der Waals surface area contributed by atoms with E-state index < -0.39 is 5.82 Å². The molecule has 0 saturated heterocycles. The van der Waals surface area contributed by atoms with E-state index in [4.69, 9.17) is 0 Å². The predicted octanol–water partition coefficient (Wildman–Crippen LogP) is 3.87. The van der Waals surface area contributed by atoms with Crippen LogP contribution in [0.1, 0.15) is 18.5 Å². The van der Waals surface area contributed by atoms with Gasteiger partial charge in [0.15, 0.2) is 0 Å². The van der Waals surface area contributed by atoms with Crippen molar-refractivity contribution in [3.8, 4) is 5.75 Å². The summed E-state index contributed by atoms with van der Waals surface area (Å²) in [4.78, 5) is 1.84. The Labute approximate surface area is 110 Å². The Kier molecular flexibility index (Phi) is 3.69. The quantitative estimate of drug-likeness (QED) is 0.908. The van der Waals surface area contributed by atoms with Crippen molar-refractivity contribution in [1.29, 1.82) is 0 Å². The van der Waals surface area contributed by atoms with E-state index in [0.29, 0.717) is 5.56 Å². The lowest BCUT2D eigenvalue weighted by Gasteiger charge is -2.28. The Morgan fingerprint density at radius 2 is 1.58 bits per heavy atom. The molecule has 0 bridgehead atoms. The molecule has 0 heterocycles. The normalized spacial score (nSPS) is 12.2. The van der Waals surface area contributed by atoms with Gasteiger partial charge in [-0.1, -0.05) is 0 Å². The zero-order valence-corrected chi connectivity index (χ0v) is 10.8. The molecule has 0 aliphatic heterocycles. The monoisotopic (exact) mass is 263 g/mol. The Bertz CT molecular complexity index is 569. The van der Waals surface area contributed by atoms with Crippen LogP contribution < -0.4 is 4.90 Å². The molecule has 0 radical (unpaired) electrons. The first kappa shape index (κ1) is 13.3. The van der Waals surface area contributed by atoms with Crippen molar-refractivity contribution in [1.82, 2.24) is 0 Å². The summed E-state index contributed by atoms with van der Waals surface area (Å²) < 4.78 is 26.1. The van der Waals surface area contributed by atoms with E-state index in [0.717, 1.165) is 5.69 Å². The molecule has 4 heteroatoms. The highest BCUT2D eigenvalue weighted by Crippen LogP contribution is 2.31. The Morgan fingerprint density at radius 3 is 2.21 bits per heavy atom. The van der Waals surface area contributed by atoms with Crippen LogP contribution in [-0.4, -0.2) is 12.2 Å². The lowest BCUT2D eigenvalue weighted by molar-refractivity contribution is 0.459. The summed E-state index contributed by atoms with van der Waals surface area (Å²) in [5, 5.41) is 9.79. The molecular weight excluding hydrogens is 248 g/mol. The highest BCUT2D eigenvalue weighted by Gasteiger charge is 2.16. The number of phenolic OH excluding ortho intramolecular Hbond substituents is 1. The average molecular weight is 263 g/mol. The van der Waals surface area contributed by atoms with Gasteiger partial charge in [-0.2, -0.15) is 0 Å². The number of rotatable bonds is 3. The second kappa shape index (κ2) is 5.26. The minimum Gasteiger partial charge on any atom is -0.508 e. The maximum absolute atomic E-state index is 13.2. The Balaban J connectivity index is 2.30. The highest BCUT2D eigenvalue weighted by atomic mass is 19.1. The van der Waals surface area contributed by atoms with Crippen molar-refractivity contribution >= 4 is 5.69 Å². The van der Waals surface area contributed by atoms with Crippen LogP contribution in [0.15, 0.2) is 42.5 Å². The van der Waals surface area contributed by atoms with Gasteiger partial charge >= 0.3 is 0 Å². The van der Waals surface area contributed by atoms with E-state index in [-0.39, 0.29) is 17.6 Å². The van der Waals surface area contributed by atoms with Gasteiger partial charge in [0.1, 0.15) is 17.4 Å². The predicted molar refractivity (Wildman–Crippen MR) is 71.3 cm³/mol. The Morgan fingerprint density at radius 1 is 1.00 bits per heavy atom. The average Bonchev–Trinajstić information content (AvgIpc) is 2.41. The second-order valence-corrected chi connectivity index (χ2v) is 4.47. The molecule has 19 heavy (non-hydrogen) atoms. The van der Waals surface area contributed by atoms with Crippen molar-refractivity contribution in [3.63, 3.8) is 0 Å². The molecule has 2 aromatic carbocycles. The maximum atomic E-state index is 13.2. The SMILES string of the molecule is CC(c1cc(F)ccc1O)N(C)c1ccc(F)cc1. The summed E-state index contributed by atoms with van der Waals surface area (Å²) in [7, 11) is 1.81. The number of aromatic hydroxyl groups is 1. The molecule has 0 aromatic heterocycles. The number of hydrogen-bond acceptors (Lipinski definition) is 2. The van der Waals surface area contributed by atoms with Crippen LogP contribution in [0.2, 0.25) is 0 Å². The third-order valence-electron chi connectivity index (χ3n) is 3.25. The summed E-state index contributed by atoms with van der Waals surface area (Å²) in [6, 6.07) is 9.63. The van der Waals surface area contributed by atoms with Gasteiger partial charge in [0, 0.05) is 18.3 Å². The minimum absolute atomic E-state index is 0.0443. The number of anilines is 1. The molecular formula is C15H15F2NO. The molecule has 0 aliphatic rings.